The van der Waals surface area contributed by atoms with Crippen molar-refractivity contribution in [2.45, 2.75) is 52.8 Å². The predicted octanol–water partition coefficient (Wildman–Crippen LogP) is 4.12. The van der Waals surface area contributed by atoms with Gasteiger partial charge in [-0.1, -0.05) is 12.1 Å². The van der Waals surface area contributed by atoms with Crippen LogP contribution in [0.15, 0.2) is 24.4 Å². The average molecular weight is 407 g/mol. The van der Waals surface area contributed by atoms with Crippen molar-refractivity contribution in [2.24, 2.45) is 0 Å². The molecule has 2 heterocycles. The molecule has 0 atom stereocenters. The van der Waals surface area contributed by atoms with Crippen molar-refractivity contribution in [1.29, 1.82) is 0 Å². The zero-order valence-electron chi connectivity index (χ0n) is 17.0. The lowest BCUT2D eigenvalue weighted by molar-refractivity contribution is 0.0508. The molecule has 0 radical (unpaired) electrons. The van der Waals surface area contributed by atoms with Crippen LogP contribution < -0.4 is 4.74 Å². The van der Waals surface area contributed by atoms with E-state index in [1.54, 1.807) is 6.92 Å². The van der Waals surface area contributed by atoms with Crippen LogP contribution in [0.1, 0.15) is 53.4 Å². The third-order valence-corrected chi connectivity index (χ3v) is 5.09. The van der Waals surface area contributed by atoms with Gasteiger partial charge in [-0.2, -0.15) is 5.10 Å². The molecule has 0 N–H and O–H groups in total. The molecule has 0 aliphatic carbocycles. The Labute approximate surface area is 169 Å². The second-order valence-corrected chi connectivity index (χ2v) is 7.31. The molecule has 0 spiro atoms. The molecular formula is C21H27F2N3O3. The predicted molar refractivity (Wildman–Crippen MR) is 104 cm³/mol. The quantitative estimate of drug-likeness (QED) is 0.647. The molecular weight excluding hydrogens is 380 g/mol. The first-order chi connectivity index (χ1) is 13.9. The molecule has 1 aromatic heterocycles. The van der Waals surface area contributed by atoms with Gasteiger partial charge in [0.25, 0.3) is 6.43 Å². The first-order valence-corrected chi connectivity index (χ1v) is 9.86. The van der Waals surface area contributed by atoms with Gasteiger partial charge in [0.2, 0.25) is 0 Å². The van der Waals surface area contributed by atoms with Gasteiger partial charge in [-0.25, -0.2) is 18.3 Å². The maximum atomic E-state index is 13.5. The zero-order chi connectivity index (χ0) is 21.0. The number of halogens is 2. The molecule has 1 aliphatic heterocycles. The van der Waals surface area contributed by atoms with E-state index in [-0.39, 0.29) is 24.9 Å². The SMILES string of the molecule is CCOC(=O)c1cnn(CN2CCC(Oc3cc(C)ccc3C)CC2)c1C(F)F. The minimum atomic E-state index is -2.80. The minimum absolute atomic E-state index is 0.0917. The molecule has 6 nitrogen and oxygen atoms in total. The number of alkyl halides is 2. The van der Waals surface area contributed by atoms with Gasteiger partial charge in [0.15, 0.2) is 0 Å². The number of esters is 1. The Hall–Kier alpha value is -2.48. The fraction of sp³-hybridized carbons (Fsp3) is 0.524. The third kappa shape index (κ3) is 5.12. The first kappa shape index (κ1) is 21.2. The van der Waals surface area contributed by atoms with Gasteiger partial charge in [-0.15, -0.1) is 0 Å². The summed E-state index contributed by atoms with van der Waals surface area (Å²) in [6.07, 6.45) is 0.0407. The van der Waals surface area contributed by atoms with E-state index in [0.29, 0.717) is 13.1 Å². The molecule has 0 bridgehead atoms. The normalized spacial score (nSPS) is 15.7. The van der Waals surface area contributed by atoms with Gasteiger partial charge in [0.1, 0.15) is 23.1 Å². The first-order valence-electron chi connectivity index (χ1n) is 9.86. The molecule has 1 saturated heterocycles. The van der Waals surface area contributed by atoms with Crippen molar-refractivity contribution in [3.63, 3.8) is 0 Å². The number of carbonyl (C=O) groups is 1. The van der Waals surface area contributed by atoms with Crippen LogP contribution >= 0.6 is 0 Å². The van der Waals surface area contributed by atoms with Gasteiger partial charge >= 0.3 is 5.97 Å². The Bertz CT molecular complexity index is 846. The van der Waals surface area contributed by atoms with E-state index in [1.807, 2.05) is 30.9 Å². The zero-order valence-corrected chi connectivity index (χ0v) is 17.0. The lowest BCUT2D eigenvalue weighted by Crippen LogP contribution is -2.39. The van der Waals surface area contributed by atoms with E-state index in [1.165, 1.54) is 4.68 Å². The van der Waals surface area contributed by atoms with Gasteiger partial charge in [-0.05, 0) is 50.8 Å². The molecule has 1 aliphatic rings. The number of piperidine rings is 1. The molecule has 1 aromatic carbocycles. The van der Waals surface area contributed by atoms with Gasteiger partial charge in [0, 0.05) is 13.1 Å². The van der Waals surface area contributed by atoms with E-state index in [4.69, 9.17) is 9.47 Å². The Kier molecular flexibility index (Phi) is 6.84. The highest BCUT2D eigenvalue weighted by Gasteiger charge is 2.28. The summed E-state index contributed by atoms with van der Waals surface area (Å²) in [5, 5.41) is 4.01. The van der Waals surface area contributed by atoms with Gasteiger partial charge in [0.05, 0.1) is 19.5 Å². The second kappa shape index (κ2) is 9.35. The Morgan fingerprint density at radius 1 is 1.28 bits per heavy atom. The smallest absolute Gasteiger partial charge is 0.341 e. The monoisotopic (exact) mass is 407 g/mol. The number of hydrogen-bond donors (Lipinski definition) is 0. The van der Waals surface area contributed by atoms with Crippen LogP contribution in [-0.2, 0) is 11.4 Å². The topological polar surface area (TPSA) is 56.6 Å². The largest absolute Gasteiger partial charge is 0.490 e. The highest BCUT2D eigenvalue weighted by atomic mass is 19.3. The molecule has 0 unspecified atom stereocenters. The lowest BCUT2D eigenvalue weighted by Gasteiger charge is -2.32. The van der Waals surface area contributed by atoms with Crippen molar-refractivity contribution < 1.29 is 23.0 Å². The summed E-state index contributed by atoms with van der Waals surface area (Å²) in [5.41, 5.74) is 1.69. The van der Waals surface area contributed by atoms with Gasteiger partial charge in [-0.3, -0.25) is 4.90 Å². The highest BCUT2D eigenvalue weighted by molar-refractivity contribution is 5.90. The Balaban J connectivity index is 1.61. The number of carbonyl (C=O) groups excluding carboxylic acids is 1. The van der Waals surface area contributed by atoms with E-state index in [9.17, 15) is 13.6 Å². The fourth-order valence-electron chi connectivity index (χ4n) is 3.48. The van der Waals surface area contributed by atoms with E-state index >= 15 is 0 Å². The number of aromatic nitrogens is 2. The number of nitrogens with zero attached hydrogens (tertiary/aromatic N) is 3. The lowest BCUT2D eigenvalue weighted by atomic mass is 10.1. The maximum Gasteiger partial charge on any atom is 0.341 e. The van der Waals surface area contributed by atoms with Crippen LogP contribution in [0.4, 0.5) is 8.78 Å². The van der Waals surface area contributed by atoms with E-state index < -0.39 is 18.1 Å². The average Bonchev–Trinajstić information content (AvgIpc) is 3.10. The second-order valence-electron chi connectivity index (χ2n) is 7.31. The molecule has 158 valence electrons. The molecule has 0 saturated carbocycles. The summed E-state index contributed by atoms with van der Waals surface area (Å²) in [5.74, 6) is 0.129. The molecule has 29 heavy (non-hydrogen) atoms. The summed E-state index contributed by atoms with van der Waals surface area (Å²) in [6.45, 7) is 7.42. The van der Waals surface area contributed by atoms with Crippen molar-refractivity contribution >= 4 is 5.97 Å². The Morgan fingerprint density at radius 3 is 2.66 bits per heavy atom. The number of benzene rings is 1. The number of likely N-dealkylation sites (tertiary alicyclic amines) is 1. The molecule has 0 amide bonds. The maximum absolute atomic E-state index is 13.5. The summed E-state index contributed by atoms with van der Waals surface area (Å²) >= 11 is 0. The number of ether oxygens (including phenoxy) is 2. The highest BCUT2D eigenvalue weighted by Crippen LogP contribution is 2.26. The number of hydrogen-bond acceptors (Lipinski definition) is 5. The van der Waals surface area contributed by atoms with Crippen molar-refractivity contribution in [2.75, 3.05) is 19.7 Å². The van der Waals surface area contributed by atoms with Crippen molar-refractivity contribution in [1.82, 2.24) is 14.7 Å². The van der Waals surface area contributed by atoms with Crippen molar-refractivity contribution in [3.8, 4) is 5.75 Å². The standard InChI is InChI=1S/C21H27F2N3O3/c1-4-28-21(27)17-12-24-26(19(17)20(22)23)13-25-9-7-16(8-10-25)29-18-11-14(2)5-6-15(18)3/h5-6,11-12,16,20H,4,7-10,13H2,1-3H3. The fourth-order valence-corrected chi connectivity index (χ4v) is 3.48. The van der Waals surface area contributed by atoms with E-state index in [0.717, 1.165) is 35.9 Å². The molecule has 3 rings (SSSR count). The summed E-state index contributed by atoms with van der Waals surface area (Å²) in [7, 11) is 0. The van der Waals surface area contributed by atoms with Crippen LogP contribution in [-0.4, -0.2) is 46.5 Å². The van der Waals surface area contributed by atoms with Crippen LogP contribution in [0, 0.1) is 13.8 Å². The molecule has 2 aromatic rings. The molecule has 8 heteroatoms. The summed E-state index contributed by atoms with van der Waals surface area (Å²) in [4.78, 5) is 13.9. The minimum Gasteiger partial charge on any atom is -0.490 e. The number of rotatable bonds is 7. The van der Waals surface area contributed by atoms with Crippen LogP contribution in [0.2, 0.25) is 0 Å². The summed E-state index contributed by atoms with van der Waals surface area (Å²) < 4.78 is 39.3. The van der Waals surface area contributed by atoms with Gasteiger partial charge < -0.3 is 9.47 Å². The van der Waals surface area contributed by atoms with Crippen LogP contribution in [0.5, 0.6) is 5.75 Å². The summed E-state index contributed by atoms with van der Waals surface area (Å²) in [6, 6.07) is 6.14. The number of aryl methyl sites for hydroxylation is 2. The molecule has 1 fully saturated rings. The van der Waals surface area contributed by atoms with Crippen LogP contribution in [0.3, 0.4) is 0 Å². The third-order valence-electron chi connectivity index (χ3n) is 5.09. The Morgan fingerprint density at radius 2 is 2.00 bits per heavy atom. The van der Waals surface area contributed by atoms with E-state index in [2.05, 4.69) is 11.2 Å². The van der Waals surface area contributed by atoms with Crippen molar-refractivity contribution in [3.05, 3.63) is 46.8 Å². The van der Waals surface area contributed by atoms with Crippen LogP contribution in [0.25, 0.3) is 0 Å².